The van der Waals surface area contributed by atoms with Crippen molar-refractivity contribution in [2.45, 2.75) is 13.3 Å². The van der Waals surface area contributed by atoms with Crippen LogP contribution in [0.5, 0.6) is 17.2 Å². The maximum atomic E-state index is 11.9. The molecule has 2 aromatic rings. The maximum Gasteiger partial charge on any atom is 0.225 e. The number of nitrogens with one attached hydrogen (secondary N) is 1. The van der Waals surface area contributed by atoms with E-state index in [2.05, 4.69) is 17.2 Å². The zero-order chi connectivity index (χ0) is 18.6. The minimum absolute atomic E-state index is 0.0749. The lowest BCUT2D eigenvalue weighted by molar-refractivity contribution is -0.120. The van der Waals surface area contributed by atoms with Gasteiger partial charge in [-0.2, -0.15) is 0 Å². The molecular formula is C21H23NO4. The molecule has 1 amide bonds. The Labute approximate surface area is 154 Å². The van der Waals surface area contributed by atoms with E-state index in [4.69, 9.17) is 14.2 Å². The molecule has 0 radical (unpaired) electrons. The summed E-state index contributed by atoms with van der Waals surface area (Å²) in [5.74, 6) is 7.77. The van der Waals surface area contributed by atoms with Crippen LogP contribution in [-0.2, 0) is 11.2 Å². The van der Waals surface area contributed by atoms with Gasteiger partial charge in [0.1, 0.15) is 12.4 Å². The molecule has 0 fully saturated rings. The molecule has 5 heteroatoms. The van der Waals surface area contributed by atoms with Gasteiger partial charge in [0.2, 0.25) is 5.91 Å². The van der Waals surface area contributed by atoms with Crippen LogP contribution in [0.3, 0.4) is 0 Å². The normalized spacial score (nSPS) is 9.62. The molecule has 0 aliphatic rings. The first kappa shape index (κ1) is 19.2. The molecule has 1 N–H and O–H groups in total. The second-order valence-electron chi connectivity index (χ2n) is 5.32. The lowest BCUT2D eigenvalue weighted by Crippen LogP contribution is -2.25. The number of hydrogen-bond donors (Lipinski definition) is 1. The highest BCUT2D eigenvalue weighted by Gasteiger charge is 2.03. The van der Waals surface area contributed by atoms with Crippen LogP contribution in [0.15, 0.2) is 48.5 Å². The van der Waals surface area contributed by atoms with Gasteiger partial charge in [-0.05, 0) is 36.8 Å². The summed E-state index contributed by atoms with van der Waals surface area (Å²) < 4.78 is 16.1. The first-order chi connectivity index (χ1) is 12.7. The van der Waals surface area contributed by atoms with Gasteiger partial charge < -0.3 is 19.5 Å². The Morgan fingerprint density at radius 1 is 1.00 bits per heavy atom. The summed E-state index contributed by atoms with van der Waals surface area (Å²) in [6.45, 7) is 3.07. The zero-order valence-corrected chi connectivity index (χ0v) is 15.1. The molecule has 0 spiro atoms. The second-order valence-corrected chi connectivity index (χ2v) is 5.32. The highest BCUT2D eigenvalue weighted by molar-refractivity contribution is 5.78. The number of methoxy groups -OCH3 is 1. The van der Waals surface area contributed by atoms with Crippen molar-refractivity contribution in [3.05, 3.63) is 54.1 Å². The van der Waals surface area contributed by atoms with Crippen LogP contribution in [0.1, 0.15) is 12.5 Å². The topological polar surface area (TPSA) is 56.8 Å². The van der Waals surface area contributed by atoms with Gasteiger partial charge in [-0.15, -0.1) is 0 Å². The van der Waals surface area contributed by atoms with Crippen LogP contribution >= 0.6 is 0 Å². The molecule has 2 rings (SSSR count). The summed E-state index contributed by atoms with van der Waals surface area (Å²) in [5, 5.41) is 2.77. The number of hydrogen-bond acceptors (Lipinski definition) is 4. The molecule has 0 heterocycles. The van der Waals surface area contributed by atoms with Crippen LogP contribution in [0, 0.1) is 11.8 Å². The van der Waals surface area contributed by atoms with E-state index < -0.39 is 0 Å². The third kappa shape index (κ3) is 6.40. The SMILES string of the molecule is CCOc1ccc(CC(=O)NCC#CCOc2ccccc2OC)cc1. The number of ether oxygens (including phenoxy) is 3. The Kier molecular flexibility index (Phi) is 7.88. The fourth-order valence-electron chi connectivity index (χ4n) is 2.23. The van der Waals surface area contributed by atoms with E-state index in [9.17, 15) is 4.79 Å². The summed E-state index contributed by atoms with van der Waals surface area (Å²) in [6, 6.07) is 14.9. The largest absolute Gasteiger partial charge is 0.494 e. The summed E-state index contributed by atoms with van der Waals surface area (Å²) in [7, 11) is 1.59. The predicted molar refractivity (Wildman–Crippen MR) is 101 cm³/mol. The van der Waals surface area contributed by atoms with Gasteiger partial charge in [0, 0.05) is 0 Å². The number of carbonyl (C=O) groups is 1. The highest BCUT2D eigenvalue weighted by atomic mass is 16.5. The first-order valence-electron chi connectivity index (χ1n) is 8.43. The quantitative estimate of drug-likeness (QED) is 0.742. The van der Waals surface area contributed by atoms with Gasteiger partial charge in [0.05, 0.1) is 26.7 Å². The number of para-hydroxylation sites is 2. The summed E-state index contributed by atoms with van der Waals surface area (Å²) in [4.78, 5) is 11.9. The molecule has 26 heavy (non-hydrogen) atoms. The minimum atomic E-state index is -0.0749. The summed E-state index contributed by atoms with van der Waals surface area (Å²) >= 11 is 0. The van der Waals surface area contributed by atoms with Crippen molar-refractivity contribution in [2.75, 3.05) is 26.9 Å². The van der Waals surface area contributed by atoms with Gasteiger partial charge in [-0.25, -0.2) is 0 Å². The molecule has 0 atom stereocenters. The molecule has 136 valence electrons. The molecule has 0 bridgehead atoms. The molecule has 0 unspecified atom stereocenters. The van der Waals surface area contributed by atoms with Crippen LogP contribution in [0.2, 0.25) is 0 Å². The molecule has 0 saturated carbocycles. The van der Waals surface area contributed by atoms with E-state index >= 15 is 0 Å². The third-order valence-corrected chi connectivity index (χ3v) is 3.47. The van der Waals surface area contributed by atoms with Crippen LogP contribution in [-0.4, -0.2) is 32.8 Å². The van der Waals surface area contributed by atoms with Crippen LogP contribution in [0.4, 0.5) is 0 Å². The average Bonchev–Trinajstić information content (AvgIpc) is 2.66. The van der Waals surface area contributed by atoms with Gasteiger partial charge >= 0.3 is 0 Å². The van der Waals surface area contributed by atoms with E-state index in [-0.39, 0.29) is 19.1 Å². The first-order valence-corrected chi connectivity index (χ1v) is 8.43. The summed E-state index contributed by atoms with van der Waals surface area (Å²) in [5.41, 5.74) is 0.929. The Morgan fingerprint density at radius 2 is 1.73 bits per heavy atom. The lowest BCUT2D eigenvalue weighted by atomic mass is 10.1. The van der Waals surface area contributed by atoms with E-state index in [1.165, 1.54) is 0 Å². The molecule has 0 aliphatic carbocycles. The summed E-state index contributed by atoms with van der Waals surface area (Å²) in [6.07, 6.45) is 0.311. The Hall–Kier alpha value is -3.13. The van der Waals surface area contributed by atoms with E-state index in [0.717, 1.165) is 11.3 Å². The van der Waals surface area contributed by atoms with E-state index in [1.54, 1.807) is 7.11 Å². The smallest absolute Gasteiger partial charge is 0.225 e. The Balaban J connectivity index is 1.69. The van der Waals surface area contributed by atoms with Crippen molar-refractivity contribution in [2.24, 2.45) is 0 Å². The van der Waals surface area contributed by atoms with Crippen molar-refractivity contribution < 1.29 is 19.0 Å². The van der Waals surface area contributed by atoms with Crippen molar-refractivity contribution >= 4 is 5.91 Å². The van der Waals surface area contributed by atoms with E-state index in [1.807, 2.05) is 55.5 Å². The van der Waals surface area contributed by atoms with Gasteiger partial charge in [-0.3, -0.25) is 4.79 Å². The predicted octanol–water partition coefficient (Wildman–Crippen LogP) is 2.84. The molecule has 5 nitrogen and oxygen atoms in total. The van der Waals surface area contributed by atoms with Crippen molar-refractivity contribution in [1.82, 2.24) is 5.32 Å². The molecule has 0 saturated heterocycles. The van der Waals surface area contributed by atoms with Crippen molar-refractivity contribution in [3.8, 4) is 29.1 Å². The van der Waals surface area contributed by atoms with Crippen LogP contribution < -0.4 is 19.5 Å². The van der Waals surface area contributed by atoms with Crippen LogP contribution in [0.25, 0.3) is 0 Å². The maximum absolute atomic E-state index is 11.9. The number of amides is 1. The van der Waals surface area contributed by atoms with Gasteiger partial charge in [0.15, 0.2) is 11.5 Å². The molecule has 0 aromatic heterocycles. The minimum Gasteiger partial charge on any atom is -0.494 e. The third-order valence-electron chi connectivity index (χ3n) is 3.47. The fraction of sp³-hybridized carbons (Fsp3) is 0.286. The lowest BCUT2D eigenvalue weighted by Gasteiger charge is -2.07. The molecular weight excluding hydrogens is 330 g/mol. The number of carbonyl (C=O) groups excluding carboxylic acids is 1. The Morgan fingerprint density at radius 3 is 2.42 bits per heavy atom. The second kappa shape index (κ2) is 10.7. The Bertz CT molecular complexity index is 760. The monoisotopic (exact) mass is 353 g/mol. The highest BCUT2D eigenvalue weighted by Crippen LogP contribution is 2.25. The molecule has 2 aromatic carbocycles. The number of rotatable bonds is 8. The fourth-order valence-corrected chi connectivity index (χ4v) is 2.23. The standard InChI is InChI=1S/C21H23NO4/c1-3-25-18-12-10-17(11-13-18)16-21(23)22-14-6-7-15-26-20-9-5-4-8-19(20)24-2/h4-5,8-13H,3,14-16H2,1-2H3,(H,22,23). The molecule has 0 aliphatic heterocycles. The van der Waals surface area contributed by atoms with E-state index in [0.29, 0.717) is 24.5 Å². The zero-order valence-electron chi connectivity index (χ0n) is 15.1. The van der Waals surface area contributed by atoms with Crippen molar-refractivity contribution in [1.29, 1.82) is 0 Å². The van der Waals surface area contributed by atoms with Crippen molar-refractivity contribution in [3.63, 3.8) is 0 Å². The van der Waals surface area contributed by atoms with Gasteiger partial charge in [0.25, 0.3) is 0 Å². The van der Waals surface area contributed by atoms with Gasteiger partial charge in [-0.1, -0.05) is 36.1 Å². The number of benzene rings is 2. The average molecular weight is 353 g/mol.